The van der Waals surface area contributed by atoms with Crippen molar-refractivity contribution in [2.45, 2.75) is 67.2 Å². The minimum Gasteiger partial charge on any atom is -0.309 e. The summed E-state index contributed by atoms with van der Waals surface area (Å²) in [5.74, 6) is 0. The molecule has 1 aromatic heterocycles. The van der Waals surface area contributed by atoms with Crippen molar-refractivity contribution in [1.29, 1.82) is 0 Å². The molecule has 0 saturated heterocycles. The van der Waals surface area contributed by atoms with Gasteiger partial charge in [-0.3, -0.25) is 0 Å². The number of rotatable bonds is 8. The number of aromatic nitrogens is 1. The third-order valence-electron chi connectivity index (χ3n) is 13.3. The lowest BCUT2D eigenvalue weighted by molar-refractivity contribution is 0.704. The van der Waals surface area contributed by atoms with E-state index in [1.807, 2.05) is 57.2 Å². The van der Waals surface area contributed by atoms with E-state index >= 15 is 0 Å². The molecule has 0 radical (unpaired) electrons. The van der Waals surface area contributed by atoms with Crippen LogP contribution >= 0.6 is 0 Å². The van der Waals surface area contributed by atoms with Crippen LogP contribution in [0.3, 0.4) is 0 Å². The van der Waals surface area contributed by atoms with Crippen LogP contribution in [0.2, 0.25) is 0 Å². The monoisotopic (exact) mass is 926 g/mol. The number of aryl methyl sites for hydroxylation is 2. The van der Waals surface area contributed by atoms with Crippen LogP contribution in [0, 0.1) is 13.8 Å². The quantitative estimate of drug-likeness (QED) is 0.106. The summed E-state index contributed by atoms with van der Waals surface area (Å²) in [7, 11) is 0. The lowest BCUT2D eigenvalue weighted by Crippen LogP contribution is -2.17. The van der Waals surface area contributed by atoms with Crippen LogP contribution in [0.4, 0.5) is 0 Å². The lowest BCUT2D eigenvalue weighted by atomic mass is 9.76. The largest absolute Gasteiger partial charge is 0.309 e. The zero-order chi connectivity index (χ0) is 51.1. The fraction of sp³-hybridized carbons (Fsp3) is 0.143. The molecule has 0 unspecified atom stereocenters. The van der Waals surface area contributed by atoms with E-state index in [9.17, 15) is 0 Å². The molecular weight excluding hydrogens is 855 g/mol. The fourth-order valence-electron chi connectivity index (χ4n) is 9.91. The number of hydrogen-bond donors (Lipinski definition) is 0. The van der Waals surface area contributed by atoms with Crippen molar-refractivity contribution in [2.75, 3.05) is 0 Å². The van der Waals surface area contributed by atoms with Gasteiger partial charge in [0.05, 0.1) is 11.0 Å². The third kappa shape index (κ3) is 11.1. The van der Waals surface area contributed by atoms with Gasteiger partial charge in [0.1, 0.15) is 0 Å². The number of nitrogens with zero attached hydrogens (tertiary/aromatic N) is 1. The van der Waals surface area contributed by atoms with Crippen molar-refractivity contribution in [3.8, 4) is 16.8 Å². The Kier molecular flexibility index (Phi) is 18.1. The highest BCUT2D eigenvalue weighted by Crippen LogP contribution is 2.53. The summed E-state index contributed by atoms with van der Waals surface area (Å²) in [5.41, 5.74) is 20.7. The topological polar surface area (TPSA) is 4.93 Å². The molecule has 1 heteroatoms. The Balaban J connectivity index is 0.000000330. The Labute approximate surface area is 425 Å². The molecule has 0 spiro atoms. The van der Waals surface area contributed by atoms with Gasteiger partial charge in [0.2, 0.25) is 0 Å². The summed E-state index contributed by atoms with van der Waals surface area (Å²) in [6.07, 6.45) is 24.0. The number of para-hydroxylation sites is 1. The Morgan fingerprint density at radius 1 is 0.521 bits per heavy atom. The molecule has 71 heavy (non-hydrogen) atoms. The highest BCUT2D eigenvalue weighted by atomic mass is 15.0. The van der Waals surface area contributed by atoms with Gasteiger partial charge in [-0.15, -0.1) is 6.58 Å². The standard InChI is InChI=1S/C49H39N.C8H10.C6H8.C4H8.C3H6/c1-6-8-9-16-32-29-34-18-15-22-40-38(25-26-39(32)46(34)40)33-17-14-19-35(30-33)50-44-24-13-11-21-42(44)47-36(7-2)41(27-28-45(47)50)48-31(3)37-20-10-12-23-43(37)49(48,4)5;1-7-5-3-4-6-8(7)2;1-3-5-6-4-2;1-3-4-2;1-3-2/h6-28,30H,1-2,29H2,3-5H3;3-6H,1-2H3;3-6H,1-2H2;3-4H,1-2H3;3H,1H2,2H3/b9-8-,32-16+;;6-5-;4-3-;. The highest BCUT2D eigenvalue weighted by Gasteiger charge is 2.37. The molecule has 0 N–H and O–H groups in total. The smallest absolute Gasteiger partial charge is 0.0547 e. The van der Waals surface area contributed by atoms with Crippen LogP contribution in [-0.2, 0) is 11.8 Å². The van der Waals surface area contributed by atoms with Crippen molar-refractivity contribution in [2.24, 2.45) is 0 Å². The first-order valence-corrected chi connectivity index (χ1v) is 24.7. The maximum Gasteiger partial charge on any atom is 0.0547 e. The lowest BCUT2D eigenvalue weighted by Gasteiger charge is -2.27. The first kappa shape index (κ1) is 52.4. The molecule has 7 aromatic carbocycles. The van der Waals surface area contributed by atoms with Gasteiger partial charge < -0.3 is 4.57 Å². The Bertz CT molecular complexity index is 3360. The van der Waals surface area contributed by atoms with E-state index in [-0.39, 0.29) is 5.41 Å². The number of hydrogen-bond acceptors (Lipinski definition) is 0. The molecule has 0 atom stereocenters. The summed E-state index contributed by atoms with van der Waals surface area (Å²) >= 11 is 0. The molecule has 356 valence electrons. The van der Waals surface area contributed by atoms with Gasteiger partial charge in [0.15, 0.2) is 0 Å². The van der Waals surface area contributed by atoms with Crippen LogP contribution in [0.5, 0.6) is 0 Å². The maximum atomic E-state index is 4.41. The van der Waals surface area contributed by atoms with E-state index < -0.39 is 0 Å². The molecule has 2 aliphatic carbocycles. The average Bonchev–Trinajstić information content (AvgIpc) is 4.00. The van der Waals surface area contributed by atoms with E-state index in [1.54, 1.807) is 18.2 Å². The highest BCUT2D eigenvalue weighted by molar-refractivity contribution is 6.16. The molecule has 0 saturated carbocycles. The van der Waals surface area contributed by atoms with E-state index in [0.29, 0.717) is 0 Å². The zero-order valence-corrected chi connectivity index (χ0v) is 43.4. The Hall–Kier alpha value is -8.00. The summed E-state index contributed by atoms with van der Waals surface area (Å²) in [5, 5.41) is 5.17. The minimum atomic E-state index is -0.114. The van der Waals surface area contributed by atoms with E-state index in [4.69, 9.17) is 0 Å². The SMILES string of the molecule is C/C=C\C.C=C/C=C\C=C.C=C/C=C\C=C1/Cc2cccc3c(-c4cccc(-n5c6ccccc6c6c(C=C)c(C7=C(C)c8ccccc8C7(C)C)ccc65)c4)ccc1c23.C=CC.Cc1ccccc1C. The Morgan fingerprint density at radius 2 is 1.10 bits per heavy atom. The van der Waals surface area contributed by atoms with Crippen molar-refractivity contribution >= 4 is 55.4 Å². The van der Waals surface area contributed by atoms with Crippen LogP contribution in [0.25, 0.3) is 72.2 Å². The summed E-state index contributed by atoms with van der Waals surface area (Å²) in [6, 6.07) is 51.2. The van der Waals surface area contributed by atoms with E-state index in [1.165, 1.54) is 105 Å². The number of allylic oxidation sites excluding steroid dienone is 14. The van der Waals surface area contributed by atoms with Crippen LogP contribution in [0.15, 0.2) is 239 Å². The van der Waals surface area contributed by atoms with E-state index in [0.717, 1.165) is 12.1 Å². The second-order valence-electron chi connectivity index (χ2n) is 18.2. The number of benzene rings is 7. The Morgan fingerprint density at radius 3 is 1.73 bits per heavy atom. The molecule has 0 aliphatic heterocycles. The molecule has 0 amide bonds. The van der Waals surface area contributed by atoms with Crippen molar-refractivity contribution < 1.29 is 0 Å². The molecule has 2 aliphatic rings. The summed E-state index contributed by atoms with van der Waals surface area (Å²) in [6.45, 7) is 35.7. The fourth-order valence-corrected chi connectivity index (χ4v) is 9.91. The second-order valence-corrected chi connectivity index (χ2v) is 18.2. The predicted octanol–water partition coefficient (Wildman–Crippen LogP) is 20.1. The van der Waals surface area contributed by atoms with Crippen molar-refractivity contribution in [1.82, 2.24) is 4.57 Å². The first-order chi connectivity index (χ1) is 34.5. The zero-order valence-electron chi connectivity index (χ0n) is 43.4. The molecule has 10 rings (SSSR count). The van der Waals surface area contributed by atoms with Gasteiger partial charge in [-0.25, -0.2) is 0 Å². The van der Waals surface area contributed by atoms with E-state index in [2.05, 4.69) is 230 Å². The van der Waals surface area contributed by atoms with Gasteiger partial charge >= 0.3 is 0 Å². The molecule has 1 heterocycles. The van der Waals surface area contributed by atoms with Crippen LogP contribution in [-0.4, -0.2) is 4.57 Å². The molecule has 0 fully saturated rings. The van der Waals surface area contributed by atoms with Gasteiger partial charge in [0, 0.05) is 21.9 Å². The van der Waals surface area contributed by atoms with Crippen molar-refractivity contribution in [3.63, 3.8) is 0 Å². The minimum absolute atomic E-state index is 0.114. The predicted molar refractivity (Wildman–Crippen MR) is 319 cm³/mol. The number of fused-ring (bicyclic) bond motifs is 4. The van der Waals surface area contributed by atoms with Crippen molar-refractivity contribution in [3.05, 3.63) is 284 Å². The van der Waals surface area contributed by atoms with Gasteiger partial charge in [-0.1, -0.05) is 228 Å². The molecule has 1 nitrogen and oxygen atoms in total. The molecule has 8 aromatic rings. The molecule has 0 bridgehead atoms. The normalized spacial score (nSPS) is 13.5. The third-order valence-corrected chi connectivity index (χ3v) is 13.3. The first-order valence-electron chi connectivity index (χ1n) is 24.7. The average molecular weight is 926 g/mol. The van der Waals surface area contributed by atoms with Crippen LogP contribution < -0.4 is 0 Å². The summed E-state index contributed by atoms with van der Waals surface area (Å²) in [4.78, 5) is 0. The van der Waals surface area contributed by atoms with Crippen LogP contribution in [0.1, 0.15) is 86.1 Å². The second kappa shape index (κ2) is 24.5. The van der Waals surface area contributed by atoms with Gasteiger partial charge in [0.25, 0.3) is 0 Å². The summed E-state index contributed by atoms with van der Waals surface area (Å²) < 4.78 is 2.44. The van der Waals surface area contributed by atoms with Gasteiger partial charge in [-0.05, 0) is 155 Å². The van der Waals surface area contributed by atoms with Gasteiger partial charge in [-0.2, -0.15) is 0 Å². The maximum absolute atomic E-state index is 4.41. The molecular formula is C70H71N.